The Kier molecular flexibility index (Phi) is 6.47. The average Bonchev–Trinajstić information content (AvgIpc) is 2.36. The lowest BCUT2D eigenvalue weighted by atomic mass is 10.1. The van der Waals surface area contributed by atoms with Gasteiger partial charge in [0.05, 0.1) is 18.8 Å². The van der Waals surface area contributed by atoms with Gasteiger partial charge in [-0.1, -0.05) is 15.9 Å². The summed E-state index contributed by atoms with van der Waals surface area (Å²) in [6.45, 7) is 0.224. The number of benzene rings is 1. The van der Waals surface area contributed by atoms with E-state index >= 15 is 0 Å². The molecule has 0 bridgehead atoms. The molecule has 0 saturated heterocycles. The normalized spacial score (nSPS) is 11.5. The molecule has 0 unspecified atom stereocenters. The lowest BCUT2D eigenvalue weighted by molar-refractivity contribution is -0.174. The average molecular weight is 370 g/mol. The number of hydrogen-bond acceptors (Lipinski definition) is 4. The zero-order valence-corrected chi connectivity index (χ0v) is 12.9. The Morgan fingerprint density at radius 3 is 2.62 bits per heavy atom. The van der Waals surface area contributed by atoms with Crippen molar-refractivity contribution in [3.8, 4) is 0 Å². The summed E-state index contributed by atoms with van der Waals surface area (Å²) in [7, 11) is 0. The van der Waals surface area contributed by atoms with Gasteiger partial charge >= 0.3 is 12.1 Å². The number of esters is 1. The number of nitrogen functional groups attached to an aromatic ring is 1. The second kappa shape index (κ2) is 7.65. The first-order chi connectivity index (χ1) is 9.70. The van der Waals surface area contributed by atoms with E-state index in [0.29, 0.717) is 21.3 Å². The Morgan fingerprint density at radius 1 is 1.33 bits per heavy atom. The van der Waals surface area contributed by atoms with Gasteiger partial charge in [-0.05, 0) is 24.6 Å². The third-order valence-electron chi connectivity index (χ3n) is 2.56. The van der Waals surface area contributed by atoms with Gasteiger partial charge in [-0.15, -0.1) is 0 Å². The van der Waals surface area contributed by atoms with E-state index in [1.165, 1.54) is 0 Å². The van der Waals surface area contributed by atoms with E-state index in [1.807, 2.05) is 0 Å². The predicted octanol–water partition coefficient (Wildman–Crippen LogP) is 3.47. The minimum absolute atomic E-state index is 0.0252. The molecule has 0 radical (unpaired) electrons. The SMILES string of the molecule is Cc1c(N)cc(Br)cc1C(=O)OCCCOCC(F)(F)F. The molecule has 1 aromatic rings. The predicted molar refractivity (Wildman–Crippen MR) is 75.1 cm³/mol. The molecule has 0 amide bonds. The van der Waals surface area contributed by atoms with Gasteiger partial charge in [-0.25, -0.2) is 4.79 Å². The van der Waals surface area contributed by atoms with Crippen LogP contribution in [0.3, 0.4) is 0 Å². The molecule has 0 aliphatic heterocycles. The third-order valence-corrected chi connectivity index (χ3v) is 3.02. The molecule has 4 nitrogen and oxygen atoms in total. The Balaban J connectivity index is 2.38. The molecule has 0 aliphatic rings. The van der Waals surface area contributed by atoms with E-state index < -0.39 is 18.8 Å². The zero-order valence-electron chi connectivity index (χ0n) is 11.3. The molecule has 0 aliphatic carbocycles. The van der Waals surface area contributed by atoms with Gasteiger partial charge in [0.25, 0.3) is 0 Å². The topological polar surface area (TPSA) is 61.6 Å². The zero-order chi connectivity index (χ0) is 16.0. The molecular weight excluding hydrogens is 355 g/mol. The first-order valence-electron chi connectivity index (χ1n) is 6.08. The van der Waals surface area contributed by atoms with Crippen LogP contribution in [0.1, 0.15) is 22.3 Å². The van der Waals surface area contributed by atoms with Crippen LogP contribution in [0.15, 0.2) is 16.6 Å². The minimum Gasteiger partial charge on any atom is -0.462 e. The largest absolute Gasteiger partial charge is 0.462 e. The van der Waals surface area contributed by atoms with Crippen LogP contribution in [0.4, 0.5) is 18.9 Å². The maximum absolute atomic E-state index is 11.8. The molecule has 2 N–H and O–H groups in total. The van der Waals surface area contributed by atoms with Gasteiger partial charge in [0, 0.05) is 16.6 Å². The number of anilines is 1. The third kappa shape index (κ3) is 6.34. The second-order valence-corrected chi connectivity index (χ2v) is 5.24. The second-order valence-electron chi connectivity index (χ2n) is 4.32. The smallest absolute Gasteiger partial charge is 0.411 e. The first-order valence-corrected chi connectivity index (χ1v) is 6.87. The van der Waals surface area contributed by atoms with Crippen molar-refractivity contribution in [1.82, 2.24) is 0 Å². The number of halogens is 4. The lowest BCUT2D eigenvalue weighted by Gasteiger charge is -2.10. The maximum atomic E-state index is 11.8. The summed E-state index contributed by atoms with van der Waals surface area (Å²) in [5.74, 6) is -0.573. The fourth-order valence-electron chi connectivity index (χ4n) is 1.50. The van der Waals surface area contributed by atoms with Crippen LogP contribution in [0.2, 0.25) is 0 Å². The fourth-order valence-corrected chi connectivity index (χ4v) is 1.98. The number of ether oxygens (including phenoxy) is 2. The molecule has 8 heteroatoms. The van der Waals surface area contributed by atoms with Crippen molar-refractivity contribution in [3.05, 3.63) is 27.7 Å². The number of carbonyl (C=O) groups excluding carboxylic acids is 1. The highest BCUT2D eigenvalue weighted by molar-refractivity contribution is 9.10. The summed E-state index contributed by atoms with van der Waals surface area (Å²) in [5, 5.41) is 0. The number of rotatable bonds is 6. The van der Waals surface area contributed by atoms with Gasteiger partial charge < -0.3 is 15.2 Å². The van der Waals surface area contributed by atoms with Gasteiger partial charge in [0.15, 0.2) is 0 Å². The van der Waals surface area contributed by atoms with E-state index in [0.717, 1.165) is 0 Å². The summed E-state index contributed by atoms with van der Waals surface area (Å²) >= 11 is 3.22. The van der Waals surface area contributed by atoms with Gasteiger partial charge in [0.1, 0.15) is 6.61 Å². The van der Waals surface area contributed by atoms with E-state index in [9.17, 15) is 18.0 Å². The van der Waals surface area contributed by atoms with Crippen molar-refractivity contribution in [3.63, 3.8) is 0 Å². The maximum Gasteiger partial charge on any atom is 0.411 e. The van der Waals surface area contributed by atoms with Crippen molar-refractivity contribution in [2.45, 2.75) is 19.5 Å². The summed E-state index contributed by atoms with van der Waals surface area (Å²) in [6.07, 6.45) is -4.16. The molecule has 0 atom stereocenters. The summed E-state index contributed by atoms with van der Waals surface area (Å²) in [6, 6.07) is 3.24. The molecule has 118 valence electrons. The van der Waals surface area contributed by atoms with Gasteiger partial charge in [0.2, 0.25) is 0 Å². The number of nitrogens with two attached hydrogens (primary N) is 1. The Bertz CT molecular complexity index is 506. The van der Waals surface area contributed by atoms with Crippen LogP contribution in [-0.4, -0.2) is 32.0 Å². The fraction of sp³-hybridized carbons (Fsp3) is 0.462. The highest BCUT2D eigenvalue weighted by Gasteiger charge is 2.27. The Hall–Kier alpha value is -1.28. The quantitative estimate of drug-likeness (QED) is 0.473. The standard InChI is InChI=1S/C13H15BrF3NO3/c1-8-10(5-9(14)6-11(8)18)12(19)21-4-2-3-20-7-13(15,16)17/h5-6H,2-4,7,18H2,1H3. The van der Waals surface area contributed by atoms with E-state index in [1.54, 1.807) is 19.1 Å². The Morgan fingerprint density at radius 2 is 2.00 bits per heavy atom. The number of hydrogen-bond donors (Lipinski definition) is 1. The molecule has 1 aromatic carbocycles. The summed E-state index contributed by atoms with van der Waals surface area (Å²) in [4.78, 5) is 11.8. The van der Waals surface area contributed by atoms with Crippen molar-refractivity contribution < 1.29 is 27.4 Å². The van der Waals surface area contributed by atoms with E-state index in [4.69, 9.17) is 10.5 Å². The van der Waals surface area contributed by atoms with Crippen LogP contribution in [0, 0.1) is 6.92 Å². The number of carbonyl (C=O) groups is 1. The molecule has 1 rings (SSSR count). The van der Waals surface area contributed by atoms with Crippen LogP contribution < -0.4 is 5.73 Å². The van der Waals surface area contributed by atoms with Crippen molar-refractivity contribution in [1.29, 1.82) is 0 Å². The lowest BCUT2D eigenvalue weighted by Crippen LogP contribution is -2.18. The molecule has 0 saturated carbocycles. The van der Waals surface area contributed by atoms with Crippen molar-refractivity contribution >= 4 is 27.6 Å². The van der Waals surface area contributed by atoms with Crippen molar-refractivity contribution in [2.75, 3.05) is 25.6 Å². The molecule has 0 aromatic heterocycles. The van der Waals surface area contributed by atoms with Crippen molar-refractivity contribution in [2.24, 2.45) is 0 Å². The summed E-state index contributed by atoms with van der Waals surface area (Å²) in [5.41, 5.74) is 7.09. The molecule has 0 spiro atoms. The minimum atomic E-state index is -4.35. The highest BCUT2D eigenvalue weighted by Crippen LogP contribution is 2.23. The molecule has 0 fully saturated rings. The van der Waals surface area contributed by atoms with Crippen LogP contribution in [0.25, 0.3) is 0 Å². The van der Waals surface area contributed by atoms with Crippen LogP contribution >= 0.6 is 15.9 Å². The van der Waals surface area contributed by atoms with Crippen LogP contribution in [0.5, 0.6) is 0 Å². The number of alkyl halides is 3. The first kappa shape index (κ1) is 17.8. The highest BCUT2D eigenvalue weighted by atomic mass is 79.9. The Labute approximate surface area is 128 Å². The monoisotopic (exact) mass is 369 g/mol. The van der Waals surface area contributed by atoms with Crippen LogP contribution in [-0.2, 0) is 9.47 Å². The summed E-state index contributed by atoms with van der Waals surface area (Å²) < 4.78 is 45.4. The molecule has 21 heavy (non-hydrogen) atoms. The molecule has 0 heterocycles. The van der Waals surface area contributed by atoms with Gasteiger partial charge in [-0.2, -0.15) is 13.2 Å². The van der Waals surface area contributed by atoms with Gasteiger partial charge in [-0.3, -0.25) is 0 Å². The molecular formula is C13H15BrF3NO3. The van der Waals surface area contributed by atoms with E-state index in [-0.39, 0.29) is 19.6 Å². The van der Waals surface area contributed by atoms with E-state index in [2.05, 4.69) is 20.7 Å².